The van der Waals surface area contributed by atoms with E-state index in [1.165, 1.54) is 51.1 Å². The fourth-order valence-electron chi connectivity index (χ4n) is 2.18. The quantitative estimate of drug-likeness (QED) is 0.389. The zero-order valence-corrected chi connectivity index (χ0v) is 20.3. The van der Waals surface area contributed by atoms with E-state index in [1.54, 1.807) is 0 Å². The number of aromatic nitrogens is 2. The number of thioether (sulfide) groups is 6. The molecule has 132 valence electrons. The average molecular weight is 508 g/mol. The van der Waals surface area contributed by atoms with Crippen molar-refractivity contribution < 1.29 is 0 Å². The van der Waals surface area contributed by atoms with Crippen molar-refractivity contribution in [1.82, 2.24) is 7.96 Å². The second-order valence-electron chi connectivity index (χ2n) is 5.31. The molecule has 0 bridgehead atoms. The molecule has 0 amide bonds. The van der Waals surface area contributed by atoms with Crippen LogP contribution < -0.4 is 0 Å². The molecule has 25 heavy (non-hydrogen) atoms. The van der Waals surface area contributed by atoms with Crippen molar-refractivity contribution in [3.8, 4) is 0 Å². The van der Waals surface area contributed by atoms with E-state index in [0.717, 1.165) is 11.0 Å². The van der Waals surface area contributed by atoms with Gasteiger partial charge < -0.3 is 0 Å². The van der Waals surface area contributed by atoms with E-state index < -0.39 is 0 Å². The normalized spacial score (nSPS) is 17.2. The average Bonchev–Trinajstić information content (AvgIpc) is 3.32. The van der Waals surface area contributed by atoms with E-state index in [4.69, 9.17) is 0 Å². The molecule has 4 rings (SSSR count). The first-order valence-corrected chi connectivity index (χ1v) is 14.8. The van der Waals surface area contributed by atoms with Crippen LogP contribution in [0.3, 0.4) is 0 Å². The van der Waals surface area contributed by atoms with Gasteiger partial charge >= 0.3 is 168 Å². The second kappa shape index (κ2) is 8.95. The molecule has 0 saturated carbocycles. The predicted molar refractivity (Wildman–Crippen MR) is 123 cm³/mol. The van der Waals surface area contributed by atoms with Gasteiger partial charge in [0.15, 0.2) is 0 Å². The summed E-state index contributed by atoms with van der Waals surface area (Å²) >= 11 is 11.9. The van der Waals surface area contributed by atoms with Crippen LogP contribution in [0, 0.1) is 0 Å². The Morgan fingerprint density at radius 2 is 1.28 bits per heavy atom. The van der Waals surface area contributed by atoms with Crippen LogP contribution in [0.2, 0.25) is 0 Å². The number of benzene rings is 1. The van der Waals surface area contributed by atoms with Crippen molar-refractivity contribution in [1.29, 1.82) is 0 Å². The summed E-state index contributed by atoms with van der Waals surface area (Å²) in [6.45, 7) is 4.52. The minimum atomic E-state index is 0.0614. The van der Waals surface area contributed by atoms with Crippen LogP contribution in [0.25, 0.3) is 11.0 Å². The monoisotopic (exact) mass is 508 g/mol. The Morgan fingerprint density at radius 3 is 1.76 bits per heavy atom. The Hall–Kier alpha value is 0.919. The zero-order chi connectivity index (χ0) is 17.2. The molecule has 1 aromatic carbocycles. The van der Waals surface area contributed by atoms with Gasteiger partial charge in [-0.1, -0.05) is 13.8 Å². The van der Waals surface area contributed by atoms with Crippen molar-refractivity contribution >= 4 is 96.6 Å². The van der Waals surface area contributed by atoms with Crippen LogP contribution in [-0.2, 0) is 0 Å². The van der Waals surface area contributed by atoms with E-state index in [1.807, 2.05) is 70.6 Å². The van der Waals surface area contributed by atoms with Gasteiger partial charge in [0, 0.05) is 0 Å². The maximum atomic E-state index is 4.52. The SMILES string of the molecule is CCCSC1=C(SCCC)SC(=C2Sc3cc4n[se]nc4cc3S2)S1. The molecule has 2 aromatic rings. The predicted octanol–water partition coefficient (Wildman–Crippen LogP) is 6.90. The molecule has 9 heteroatoms. The van der Waals surface area contributed by atoms with Crippen molar-refractivity contribution in [2.24, 2.45) is 0 Å². The number of hydrogen-bond acceptors (Lipinski definition) is 8. The molecule has 0 saturated heterocycles. The molecule has 2 nitrogen and oxygen atoms in total. The van der Waals surface area contributed by atoms with Gasteiger partial charge in [-0.2, -0.15) is 0 Å². The summed E-state index contributed by atoms with van der Waals surface area (Å²) in [5.74, 6) is 2.42. The molecule has 2 aliphatic heterocycles. The molecule has 1 aromatic heterocycles. The molecule has 0 radical (unpaired) electrons. The number of fused-ring (bicyclic) bond motifs is 2. The Bertz CT molecular complexity index is 795. The summed E-state index contributed by atoms with van der Waals surface area (Å²) < 4.78 is 15.0. The topological polar surface area (TPSA) is 25.8 Å². The first-order chi connectivity index (χ1) is 12.3. The van der Waals surface area contributed by atoms with Gasteiger partial charge in [0.05, 0.1) is 0 Å². The van der Waals surface area contributed by atoms with Gasteiger partial charge in [-0.05, 0) is 0 Å². The molecular weight excluding hydrogens is 492 g/mol. The van der Waals surface area contributed by atoms with Crippen LogP contribution >= 0.6 is 70.6 Å². The van der Waals surface area contributed by atoms with Crippen molar-refractivity contribution in [3.63, 3.8) is 0 Å². The summed E-state index contributed by atoms with van der Waals surface area (Å²) in [5, 5.41) is 0. The standard InChI is InChI=1S/C16H16N2S6Se/c1-3-5-19-13-14(20-6-4-2)24-16(23-13)15-21-11-7-9-10(18-25-17-9)8-12(11)22-15/h7-8H,3-6H2,1-2H3. The molecule has 0 atom stereocenters. The van der Waals surface area contributed by atoms with E-state index in [-0.39, 0.29) is 15.0 Å². The second-order valence-corrected chi connectivity index (χ2v) is 13.8. The number of hydrogen-bond donors (Lipinski definition) is 0. The Balaban J connectivity index is 1.55. The van der Waals surface area contributed by atoms with Gasteiger partial charge in [0.2, 0.25) is 0 Å². The van der Waals surface area contributed by atoms with Gasteiger partial charge in [-0.25, -0.2) is 0 Å². The van der Waals surface area contributed by atoms with Crippen LogP contribution in [0.5, 0.6) is 0 Å². The Morgan fingerprint density at radius 1 is 0.800 bits per heavy atom. The Labute approximate surface area is 180 Å². The molecule has 0 unspecified atom stereocenters. The fourth-order valence-corrected chi connectivity index (χ4v) is 11.8. The molecule has 0 aliphatic carbocycles. The number of rotatable bonds is 6. The molecule has 0 N–H and O–H groups in total. The molecule has 0 spiro atoms. The molecule has 0 fully saturated rings. The summed E-state index contributed by atoms with van der Waals surface area (Å²) in [6, 6.07) is 4.46. The van der Waals surface area contributed by atoms with Crippen molar-refractivity contribution in [2.45, 2.75) is 36.5 Å². The van der Waals surface area contributed by atoms with E-state index in [2.05, 4.69) is 33.9 Å². The fraction of sp³-hybridized carbons (Fsp3) is 0.375. The summed E-state index contributed by atoms with van der Waals surface area (Å²) in [5.41, 5.74) is 2.17. The van der Waals surface area contributed by atoms with Crippen molar-refractivity contribution in [3.05, 3.63) is 29.1 Å². The number of nitrogens with zero attached hydrogens (tertiary/aromatic N) is 2. The van der Waals surface area contributed by atoms with E-state index >= 15 is 0 Å². The Kier molecular flexibility index (Phi) is 6.89. The summed E-state index contributed by atoms with van der Waals surface area (Å²) in [4.78, 5) is 2.70. The third-order valence-corrected chi connectivity index (χ3v) is 13.5. The van der Waals surface area contributed by atoms with Crippen LogP contribution in [0.15, 0.2) is 38.9 Å². The van der Waals surface area contributed by atoms with Gasteiger partial charge in [-0.15, -0.1) is 0 Å². The molecular formula is C16H16N2S6Se. The van der Waals surface area contributed by atoms with Crippen LogP contribution in [0.4, 0.5) is 0 Å². The van der Waals surface area contributed by atoms with Gasteiger partial charge in [-0.3, -0.25) is 0 Å². The van der Waals surface area contributed by atoms with Gasteiger partial charge in [0.1, 0.15) is 0 Å². The first kappa shape index (κ1) is 19.2. The minimum absolute atomic E-state index is 0.0614. The molecule has 3 heterocycles. The zero-order valence-electron chi connectivity index (χ0n) is 13.7. The maximum absolute atomic E-state index is 4.52. The van der Waals surface area contributed by atoms with Gasteiger partial charge in [0.25, 0.3) is 0 Å². The van der Waals surface area contributed by atoms with E-state index in [9.17, 15) is 0 Å². The first-order valence-electron chi connectivity index (χ1n) is 8.00. The van der Waals surface area contributed by atoms with E-state index in [0.29, 0.717) is 0 Å². The third-order valence-electron chi connectivity index (χ3n) is 3.30. The van der Waals surface area contributed by atoms with Crippen LogP contribution in [0.1, 0.15) is 26.7 Å². The molecule has 2 aliphatic rings. The van der Waals surface area contributed by atoms with Crippen LogP contribution in [-0.4, -0.2) is 34.4 Å². The van der Waals surface area contributed by atoms with Crippen molar-refractivity contribution in [2.75, 3.05) is 11.5 Å². The summed E-state index contributed by atoms with van der Waals surface area (Å²) in [6.07, 6.45) is 2.46. The summed E-state index contributed by atoms with van der Waals surface area (Å²) in [7, 11) is 0. The third kappa shape index (κ3) is 4.34.